The molecule has 0 saturated carbocycles. The van der Waals surface area contributed by atoms with Crippen LogP contribution in [-0.2, 0) is 6.54 Å². The van der Waals surface area contributed by atoms with Crippen molar-refractivity contribution in [1.29, 1.82) is 0 Å². The second-order valence-electron chi connectivity index (χ2n) is 6.63. The minimum absolute atomic E-state index is 0.0831. The molecule has 7 heteroatoms. The van der Waals surface area contributed by atoms with Crippen molar-refractivity contribution in [3.05, 3.63) is 65.6 Å². The minimum Gasteiger partial charge on any atom is -0.362 e. The molecule has 27 heavy (non-hydrogen) atoms. The van der Waals surface area contributed by atoms with Crippen LogP contribution in [0.1, 0.15) is 35.4 Å². The third kappa shape index (κ3) is 3.53. The second-order valence-corrected chi connectivity index (χ2v) is 6.63. The molecule has 1 aromatic carbocycles. The molecule has 0 aliphatic rings. The van der Waals surface area contributed by atoms with Gasteiger partial charge in [-0.05, 0) is 32.8 Å². The number of hydrogen-bond acceptors (Lipinski definition) is 6. The lowest BCUT2D eigenvalue weighted by atomic mass is 10.0. The lowest BCUT2D eigenvalue weighted by molar-refractivity contribution is 0.442. The van der Waals surface area contributed by atoms with Crippen molar-refractivity contribution in [2.75, 3.05) is 5.32 Å². The lowest BCUT2D eigenvalue weighted by Crippen LogP contribution is -2.15. The van der Waals surface area contributed by atoms with E-state index in [-0.39, 0.29) is 6.04 Å². The van der Waals surface area contributed by atoms with Gasteiger partial charge in [0.1, 0.15) is 22.9 Å². The number of rotatable bonds is 6. The van der Waals surface area contributed by atoms with Crippen molar-refractivity contribution >= 4 is 16.9 Å². The zero-order valence-electron chi connectivity index (χ0n) is 15.7. The summed E-state index contributed by atoms with van der Waals surface area (Å²) in [7, 11) is 0. The number of aromatic nitrogens is 5. The Hall–Kier alpha value is -3.22. The first kappa shape index (κ1) is 17.2. The lowest BCUT2D eigenvalue weighted by Gasteiger charge is -2.21. The van der Waals surface area contributed by atoms with Gasteiger partial charge in [-0.25, -0.2) is 9.97 Å². The molecule has 0 radical (unpaired) electrons. The number of nitrogens with zero attached hydrogens (tertiary/aromatic N) is 5. The Morgan fingerprint density at radius 2 is 1.93 bits per heavy atom. The molecule has 0 amide bonds. The first-order chi connectivity index (χ1) is 13.1. The quantitative estimate of drug-likeness (QED) is 0.559. The maximum atomic E-state index is 5.34. The van der Waals surface area contributed by atoms with Gasteiger partial charge in [-0.2, -0.15) is 4.98 Å². The monoisotopic (exact) mass is 362 g/mol. The standard InChI is InChI=1S/C20H22N6O/c1-13-18-19(22-14(2)23-20(18)27-25-13)24-17(16-7-5-4-6-8-16)9-11-26-12-10-21-15(26)3/h4-8,10,12,17H,9,11H2,1-3H3,(H,22,23,24)/t17-/m1/s1. The third-order valence-corrected chi connectivity index (χ3v) is 4.71. The minimum atomic E-state index is 0.0831. The van der Waals surface area contributed by atoms with Crippen LogP contribution in [0.5, 0.6) is 0 Å². The van der Waals surface area contributed by atoms with Gasteiger partial charge in [0.05, 0.1) is 11.7 Å². The number of aryl methyl sites for hydroxylation is 4. The van der Waals surface area contributed by atoms with Crippen LogP contribution in [0, 0.1) is 20.8 Å². The van der Waals surface area contributed by atoms with Gasteiger partial charge in [0.2, 0.25) is 0 Å². The number of imidazole rings is 1. The van der Waals surface area contributed by atoms with Crippen molar-refractivity contribution < 1.29 is 4.52 Å². The number of anilines is 1. The molecule has 0 aliphatic heterocycles. The van der Waals surface area contributed by atoms with Crippen LogP contribution >= 0.6 is 0 Å². The van der Waals surface area contributed by atoms with Crippen LogP contribution in [0.15, 0.2) is 47.2 Å². The molecule has 0 unspecified atom stereocenters. The summed E-state index contributed by atoms with van der Waals surface area (Å²) in [5.41, 5.74) is 2.50. The van der Waals surface area contributed by atoms with Crippen molar-refractivity contribution in [2.45, 2.75) is 39.8 Å². The van der Waals surface area contributed by atoms with E-state index in [0.29, 0.717) is 11.5 Å². The zero-order valence-corrected chi connectivity index (χ0v) is 15.7. The van der Waals surface area contributed by atoms with Crippen molar-refractivity contribution in [2.24, 2.45) is 0 Å². The van der Waals surface area contributed by atoms with Crippen LogP contribution in [0.4, 0.5) is 5.82 Å². The zero-order chi connectivity index (χ0) is 18.8. The molecule has 138 valence electrons. The smallest absolute Gasteiger partial charge is 0.263 e. The van der Waals surface area contributed by atoms with Gasteiger partial charge in [0, 0.05) is 18.9 Å². The van der Waals surface area contributed by atoms with Gasteiger partial charge >= 0.3 is 0 Å². The molecule has 3 aromatic heterocycles. The molecule has 7 nitrogen and oxygen atoms in total. The van der Waals surface area contributed by atoms with Gasteiger partial charge < -0.3 is 14.4 Å². The predicted octanol–water partition coefficient (Wildman–Crippen LogP) is 3.98. The molecule has 4 aromatic rings. The summed E-state index contributed by atoms with van der Waals surface area (Å²) in [4.78, 5) is 13.3. The first-order valence-electron chi connectivity index (χ1n) is 9.01. The first-order valence-corrected chi connectivity index (χ1v) is 9.01. The molecular formula is C20H22N6O. The fourth-order valence-electron chi connectivity index (χ4n) is 3.28. The van der Waals surface area contributed by atoms with E-state index in [1.54, 1.807) is 0 Å². The number of benzene rings is 1. The normalized spacial score (nSPS) is 12.4. The molecule has 0 fully saturated rings. The Labute approximate surface area is 157 Å². The maximum Gasteiger partial charge on any atom is 0.263 e. The molecule has 3 heterocycles. The van der Waals surface area contributed by atoms with Crippen LogP contribution in [0.3, 0.4) is 0 Å². The summed E-state index contributed by atoms with van der Waals surface area (Å²) in [5, 5.41) is 8.48. The molecule has 0 aliphatic carbocycles. The Morgan fingerprint density at radius 3 is 2.67 bits per heavy atom. The van der Waals surface area contributed by atoms with Crippen molar-refractivity contribution in [1.82, 2.24) is 24.7 Å². The van der Waals surface area contributed by atoms with Crippen LogP contribution in [-0.4, -0.2) is 24.7 Å². The molecule has 0 spiro atoms. The van der Waals surface area contributed by atoms with Gasteiger partial charge in [0.25, 0.3) is 5.71 Å². The number of fused-ring (bicyclic) bond motifs is 1. The Kier molecular flexibility index (Phi) is 4.58. The van der Waals surface area contributed by atoms with Crippen molar-refractivity contribution in [3.63, 3.8) is 0 Å². The highest BCUT2D eigenvalue weighted by molar-refractivity contribution is 5.87. The third-order valence-electron chi connectivity index (χ3n) is 4.71. The average Bonchev–Trinajstić information content (AvgIpc) is 3.24. The van der Waals surface area contributed by atoms with E-state index in [1.807, 2.05) is 39.2 Å². The molecule has 4 rings (SSSR count). The van der Waals surface area contributed by atoms with Gasteiger partial charge in [0.15, 0.2) is 0 Å². The SMILES string of the molecule is Cc1nc(N[C@H](CCn2ccnc2C)c2ccccc2)c2c(C)noc2n1. The van der Waals surface area contributed by atoms with Crippen molar-refractivity contribution in [3.8, 4) is 0 Å². The summed E-state index contributed by atoms with van der Waals surface area (Å²) in [5.74, 6) is 2.42. The van der Waals surface area contributed by atoms with E-state index >= 15 is 0 Å². The van der Waals surface area contributed by atoms with E-state index < -0.39 is 0 Å². The summed E-state index contributed by atoms with van der Waals surface area (Å²) >= 11 is 0. The Bertz CT molecular complexity index is 1050. The van der Waals surface area contributed by atoms with Gasteiger partial charge in [-0.15, -0.1) is 0 Å². The van der Waals surface area contributed by atoms with E-state index in [0.717, 1.165) is 35.7 Å². The highest BCUT2D eigenvalue weighted by Crippen LogP contribution is 2.29. The molecule has 1 atom stereocenters. The highest BCUT2D eigenvalue weighted by Gasteiger charge is 2.18. The van der Waals surface area contributed by atoms with Crippen LogP contribution in [0.25, 0.3) is 11.1 Å². The van der Waals surface area contributed by atoms with Gasteiger partial charge in [-0.3, -0.25) is 0 Å². The van der Waals surface area contributed by atoms with E-state index in [1.165, 1.54) is 5.56 Å². The molecule has 1 N–H and O–H groups in total. The summed E-state index contributed by atoms with van der Waals surface area (Å²) < 4.78 is 7.49. The Morgan fingerprint density at radius 1 is 1.11 bits per heavy atom. The fraction of sp³-hybridized carbons (Fsp3) is 0.300. The summed E-state index contributed by atoms with van der Waals surface area (Å²) in [6.07, 6.45) is 4.72. The number of nitrogens with one attached hydrogen (secondary N) is 1. The van der Waals surface area contributed by atoms with E-state index in [2.05, 4.69) is 54.3 Å². The summed E-state index contributed by atoms with van der Waals surface area (Å²) in [6, 6.07) is 10.5. The van der Waals surface area contributed by atoms with Crippen LogP contribution < -0.4 is 5.32 Å². The fourth-order valence-corrected chi connectivity index (χ4v) is 3.28. The second kappa shape index (κ2) is 7.19. The summed E-state index contributed by atoms with van der Waals surface area (Å²) in [6.45, 7) is 6.63. The Balaban J connectivity index is 1.67. The largest absolute Gasteiger partial charge is 0.362 e. The molecule has 0 bridgehead atoms. The maximum absolute atomic E-state index is 5.34. The molecular weight excluding hydrogens is 340 g/mol. The van der Waals surface area contributed by atoms with E-state index in [4.69, 9.17) is 4.52 Å². The van der Waals surface area contributed by atoms with Gasteiger partial charge in [-0.1, -0.05) is 35.5 Å². The topological polar surface area (TPSA) is 81.7 Å². The van der Waals surface area contributed by atoms with E-state index in [9.17, 15) is 0 Å². The average molecular weight is 362 g/mol. The van der Waals surface area contributed by atoms with Crippen LogP contribution in [0.2, 0.25) is 0 Å². The predicted molar refractivity (Wildman–Crippen MR) is 103 cm³/mol. The highest BCUT2D eigenvalue weighted by atomic mass is 16.5. The molecule has 0 saturated heterocycles. The number of hydrogen-bond donors (Lipinski definition) is 1.